The lowest BCUT2D eigenvalue weighted by Crippen LogP contribution is -2.30. The van der Waals surface area contributed by atoms with Crippen LogP contribution in [0.25, 0.3) is 0 Å². The van der Waals surface area contributed by atoms with Crippen molar-refractivity contribution in [2.24, 2.45) is 0 Å². The fraction of sp³-hybridized carbons (Fsp3) is 0.0625. The van der Waals surface area contributed by atoms with Crippen LogP contribution in [0.3, 0.4) is 0 Å². The van der Waals surface area contributed by atoms with Crippen LogP contribution in [-0.4, -0.2) is 18.9 Å². The van der Waals surface area contributed by atoms with Crippen molar-refractivity contribution in [2.45, 2.75) is 0 Å². The molecule has 3 rings (SSSR count). The van der Waals surface area contributed by atoms with Crippen LogP contribution in [0, 0.1) is 6.61 Å². The molecule has 111 valence electrons. The van der Waals surface area contributed by atoms with Crippen molar-refractivity contribution in [3.05, 3.63) is 69.7 Å². The van der Waals surface area contributed by atoms with Gasteiger partial charge >= 0.3 is 0 Å². The number of hydrogen-bond acceptors (Lipinski definition) is 3. The summed E-state index contributed by atoms with van der Waals surface area (Å²) in [5.41, 5.74) is 1.55. The topological polar surface area (TPSA) is 46.6 Å². The lowest BCUT2D eigenvalue weighted by molar-refractivity contribution is 0.0926. The van der Waals surface area contributed by atoms with E-state index in [-0.39, 0.29) is 21.2 Å². The van der Waals surface area contributed by atoms with E-state index in [4.69, 9.17) is 27.9 Å². The monoisotopic (exact) mass is 334 g/mol. The summed E-state index contributed by atoms with van der Waals surface area (Å²) in [6.07, 6.45) is 0. The third-order valence-corrected chi connectivity index (χ3v) is 4.07. The number of carbonyl (C=O) groups excluding carboxylic acids is 2. The number of methoxy groups -OCH3 is 1. The standard InChI is InChI=1S/C16H10Cl2NO3/c1-22-8-9-4-2-3-5-14(9)19-15(20)10-6-12(17)13(18)7-11(10)16(19)21/h2-8H,1H3. The number of ether oxygens (including phenoxy) is 1. The number of amides is 2. The Morgan fingerprint density at radius 3 is 2.09 bits per heavy atom. The molecule has 0 atom stereocenters. The zero-order valence-electron chi connectivity index (χ0n) is 11.5. The quantitative estimate of drug-likeness (QED) is 0.798. The van der Waals surface area contributed by atoms with Crippen molar-refractivity contribution < 1.29 is 14.3 Å². The summed E-state index contributed by atoms with van der Waals surface area (Å²) < 4.78 is 5.00. The van der Waals surface area contributed by atoms with Gasteiger partial charge in [-0.1, -0.05) is 41.4 Å². The predicted molar refractivity (Wildman–Crippen MR) is 84.5 cm³/mol. The van der Waals surface area contributed by atoms with Gasteiger partial charge in [0.2, 0.25) is 0 Å². The first-order chi connectivity index (χ1) is 10.5. The molecule has 2 amide bonds. The smallest absolute Gasteiger partial charge is 0.266 e. The summed E-state index contributed by atoms with van der Waals surface area (Å²) in [5, 5.41) is 0.473. The van der Waals surface area contributed by atoms with Gasteiger partial charge in [-0.3, -0.25) is 9.59 Å². The summed E-state index contributed by atoms with van der Waals surface area (Å²) in [5.74, 6) is -0.869. The average molecular weight is 335 g/mol. The van der Waals surface area contributed by atoms with Crippen molar-refractivity contribution in [1.82, 2.24) is 0 Å². The minimum absolute atomic E-state index is 0.236. The molecule has 0 N–H and O–H groups in total. The number of hydrogen-bond donors (Lipinski definition) is 0. The van der Waals surface area contributed by atoms with E-state index in [1.807, 2.05) is 0 Å². The van der Waals surface area contributed by atoms with E-state index in [1.54, 1.807) is 24.3 Å². The second-order valence-electron chi connectivity index (χ2n) is 4.67. The maximum atomic E-state index is 12.6. The first-order valence-corrected chi connectivity index (χ1v) is 7.13. The van der Waals surface area contributed by atoms with Crippen LogP contribution < -0.4 is 4.90 Å². The Labute approximate surface area is 137 Å². The minimum Gasteiger partial charge on any atom is -0.374 e. The number of rotatable bonds is 3. The van der Waals surface area contributed by atoms with Crippen molar-refractivity contribution >= 4 is 40.7 Å². The Bertz CT molecular complexity index is 748. The molecule has 0 fully saturated rings. The van der Waals surface area contributed by atoms with Crippen LogP contribution in [0.1, 0.15) is 26.3 Å². The zero-order chi connectivity index (χ0) is 15.9. The van der Waals surface area contributed by atoms with Crippen molar-refractivity contribution in [3.63, 3.8) is 0 Å². The molecule has 0 aliphatic carbocycles. The SMILES string of the molecule is CO[CH]c1ccccc1N1C(=O)c2cc(Cl)c(Cl)cc2C1=O. The summed E-state index contributed by atoms with van der Waals surface area (Å²) >= 11 is 11.9. The van der Waals surface area contributed by atoms with Gasteiger partial charge in [-0.25, -0.2) is 4.90 Å². The third-order valence-electron chi connectivity index (χ3n) is 3.35. The van der Waals surface area contributed by atoms with Gasteiger partial charge in [-0.2, -0.15) is 0 Å². The maximum absolute atomic E-state index is 12.6. The molecule has 0 bridgehead atoms. The first kappa shape index (κ1) is 15.0. The van der Waals surface area contributed by atoms with E-state index in [0.717, 1.165) is 4.90 Å². The van der Waals surface area contributed by atoms with Gasteiger partial charge in [0.25, 0.3) is 11.8 Å². The number of para-hydroxylation sites is 1. The Hall–Kier alpha value is -1.88. The van der Waals surface area contributed by atoms with Crippen LogP contribution >= 0.6 is 23.2 Å². The Morgan fingerprint density at radius 1 is 1.00 bits per heavy atom. The minimum atomic E-state index is -0.435. The van der Waals surface area contributed by atoms with Gasteiger partial charge in [-0.05, 0) is 18.2 Å². The predicted octanol–water partition coefficient (Wildman–Crippen LogP) is 3.95. The van der Waals surface area contributed by atoms with Gasteiger partial charge < -0.3 is 4.74 Å². The number of benzene rings is 2. The summed E-state index contributed by atoms with van der Waals surface area (Å²) in [6.45, 7) is 1.47. The molecule has 0 saturated heterocycles. The van der Waals surface area contributed by atoms with Crippen LogP contribution in [0.5, 0.6) is 0 Å². The molecule has 4 nitrogen and oxygen atoms in total. The number of anilines is 1. The molecule has 22 heavy (non-hydrogen) atoms. The van der Waals surface area contributed by atoms with Gasteiger partial charge in [0.15, 0.2) is 0 Å². The molecule has 1 aliphatic rings. The van der Waals surface area contributed by atoms with E-state index in [9.17, 15) is 9.59 Å². The zero-order valence-corrected chi connectivity index (χ0v) is 13.0. The maximum Gasteiger partial charge on any atom is 0.266 e. The van der Waals surface area contributed by atoms with E-state index in [0.29, 0.717) is 11.3 Å². The lowest BCUT2D eigenvalue weighted by Gasteiger charge is -2.17. The first-order valence-electron chi connectivity index (χ1n) is 6.37. The van der Waals surface area contributed by atoms with E-state index < -0.39 is 11.8 Å². The highest BCUT2D eigenvalue weighted by molar-refractivity contribution is 6.44. The normalized spacial score (nSPS) is 13.7. The number of carbonyl (C=O) groups is 2. The van der Waals surface area contributed by atoms with Crippen molar-refractivity contribution in [3.8, 4) is 0 Å². The van der Waals surface area contributed by atoms with E-state index in [2.05, 4.69) is 0 Å². The highest BCUT2D eigenvalue weighted by atomic mass is 35.5. The summed E-state index contributed by atoms with van der Waals surface area (Å²) in [6, 6.07) is 9.80. The van der Waals surface area contributed by atoms with Crippen LogP contribution in [0.4, 0.5) is 5.69 Å². The van der Waals surface area contributed by atoms with Gasteiger partial charge in [-0.15, -0.1) is 0 Å². The molecule has 0 saturated carbocycles. The van der Waals surface area contributed by atoms with Crippen LogP contribution in [0.2, 0.25) is 10.0 Å². The molecule has 2 aromatic rings. The fourth-order valence-electron chi connectivity index (χ4n) is 2.37. The summed E-state index contributed by atoms with van der Waals surface area (Å²) in [4.78, 5) is 26.3. The van der Waals surface area contributed by atoms with Gasteiger partial charge in [0, 0.05) is 12.7 Å². The fourth-order valence-corrected chi connectivity index (χ4v) is 2.70. The second-order valence-corrected chi connectivity index (χ2v) is 5.48. The van der Waals surface area contributed by atoms with Gasteiger partial charge in [0.05, 0.1) is 26.9 Å². The molecule has 1 radical (unpaired) electrons. The molecule has 1 aliphatic heterocycles. The number of halogens is 2. The molecule has 0 aromatic heterocycles. The Morgan fingerprint density at radius 2 is 1.55 bits per heavy atom. The third kappa shape index (κ3) is 2.29. The molecule has 0 spiro atoms. The van der Waals surface area contributed by atoms with Crippen molar-refractivity contribution in [1.29, 1.82) is 0 Å². The molecular weight excluding hydrogens is 325 g/mol. The molecule has 6 heteroatoms. The van der Waals surface area contributed by atoms with Crippen LogP contribution in [0.15, 0.2) is 36.4 Å². The van der Waals surface area contributed by atoms with E-state index >= 15 is 0 Å². The number of nitrogens with zero attached hydrogens (tertiary/aromatic N) is 1. The van der Waals surface area contributed by atoms with Crippen LogP contribution in [-0.2, 0) is 4.74 Å². The van der Waals surface area contributed by atoms with Crippen molar-refractivity contribution in [2.75, 3.05) is 12.0 Å². The molecular formula is C16H10Cl2NO3. The second kappa shape index (κ2) is 5.72. The molecule has 1 heterocycles. The number of fused-ring (bicyclic) bond motifs is 1. The Kier molecular flexibility index (Phi) is 3.91. The van der Waals surface area contributed by atoms with E-state index in [1.165, 1.54) is 25.8 Å². The molecule has 0 unspecified atom stereocenters. The number of imide groups is 1. The average Bonchev–Trinajstić information content (AvgIpc) is 2.73. The Balaban J connectivity index is 2.12. The lowest BCUT2D eigenvalue weighted by atomic mass is 10.1. The highest BCUT2D eigenvalue weighted by Gasteiger charge is 2.38. The van der Waals surface area contributed by atoms with Gasteiger partial charge in [0.1, 0.15) is 6.61 Å². The largest absolute Gasteiger partial charge is 0.374 e. The summed E-state index contributed by atoms with van der Waals surface area (Å²) in [7, 11) is 1.50. The highest BCUT2D eigenvalue weighted by Crippen LogP contribution is 2.35. The molecule has 2 aromatic carbocycles.